The van der Waals surface area contributed by atoms with Crippen LogP contribution in [0.4, 0.5) is 9.59 Å². The predicted octanol–water partition coefficient (Wildman–Crippen LogP) is -1.50. The summed E-state index contributed by atoms with van der Waals surface area (Å²) in [4.78, 5) is 39.9. The normalized spacial score (nSPS) is 10.8. The van der Waals surface area contributed by atoms with Gasteiger partial charge in [-0.1, -0.05) is 13.3 Å². The first kappa shape index (κ1) is 33.3. The van der Waals surface area contributed by atoms with Crippen molar-refractivity contribution in [2.24, 2.45) is 39.4 Å². The van der Waals surface area contributed by atoms with Gasteiger partial charge in [-0.15, -0.1) is 0 Å². The Morgan fingerprint density at radius 3 is 2.21 bits per heavy atom. The van der Waals surface area contributed by atoms with E-state index in [-0.39, 0.29) is 38.3 Å². The summed E-state index contributed by atoms with van der Waals surface area (Å²) in [6.45, 7) is 4.00. The molecule has 0 saturated carbocycles. The van der Waals surface area contributed by atoms with Crippen LogP contribution in [-0.2, 0) is 14.3 Å². The van der Waals surface area contributed by atoms with E-state index in [0.717, 1.165) is 6.54 Å². The molecule has 1 atom stereocenters. The van der Waals surface area contributed by atoms with Gasteiger partial charge in [-0.2, -0.15) is 0 Å². The van der Waals surface area contributed by atoms with Crippen molar-refractivity contribution in [3.8, 4) is 0 Å². The molecule has 0 heterocycles. The summed E-state index contributed by atoms with van der Waals surface area (Å²) in [5.74, 6) is -0.415. The zero-order valence-electron chi connectivity index (χ0n) is 20.4. The second-order valence-electron chi connectivity index (χ2n) is 7.36. The van der Waals surface area contributed by atoms with Gasteiger partial charge in [0.05, 0.1) is 6.54 Å². The van der Waals surface area contributed by atoms with Crippen LogP contribution in [0.5, 0.6) is 0 Å². The van der Waals surface area contributed by atoms with Crippen LogP contribution in [0.1, 0.15) is 45.4 Å². The van der Waals surface area contributed by atoms with E-state index in [1.807, 2.05) is 0 Å². The van der Waals surface area contributed by atoms with Crippen molar-refractivity contribution < 1.29 is 23.9 Å². The number of carbonyl (C=O) groups excluding carboxylic acids is 3. The SMILES string of the molecule is CCCCN.NCCCCN(CC(=O)NCCOC(N)=O)C(=O)OCC(N)CCCN=C(N)N. The molecular formula is C20H45N9O5. The van der Waals surface area contributed by atoms with E-state index >= 15 is 0 Å². The number of carbonyl (C=O) groups is 3. The zero-order valence-corrected chi connectivity index (χ0v) is 20.4. The maximum Gasteiger partial charge on any atom is 0.410 e. The van der Waals surface area contributed by atoms with Crippen molar-refractivity contribution in [1.29, 1.82) is 0 Å². The molecule has 0 aliphatic carbocycles. The fourth-order valence-corrected chi connectivity index (χ4v) is 2.37. The molecule has 0 aromatic carbocycles. The van der Waals surface area contributed by atoms with Gasteiger partial charge in [0.2, 0.25) is 5.91 Å². The fourth-order valence-electron chi connectivity index (χ4n) is 2.37. The van der Waals surface area contributed by atoms with Crippen LogP contribution in [0.3, 0.4) is 0 Å². The lowest BCUT2D eigenvalue weighted by atomic mass is 10.2. The maximum atomic E-state index is 12.3. The average molecular weight is 492 g/mol. The van der Waals surface area contributed by atoms with E-state index in [9.17, 15) is 14.4 Å². The van der Waals surface area contributed by atoms with Crippen molar-refractivity contribution >= 4 is 24.1 Å². The molecule has 34 heavy (non-hydrogen) atoms. The van der Waals surface area contributed by atoms with Gasteiger partial charge in [-0.3, -0.25) is 14.7 Å². The Labute approximate surface area is 202 Å². The van der Waals surface area contributed by atoms with E-state index < -0.39 is 18.1 Å². The van der Waals surface area contributed by atoms with Crippen molar-refractivity contribution in [3.63, 3.8) is 0 Å². The highest BCUT2D eigenvalue weighted by Crippen LogP contribution is 2.02. The van der Waals surface area contributed by atoms with Crippen LogP contribution in [-0.4, -0.2) is 87.5 Å². The van der Waals surface area contributed by atoms with Gasteiger partial charge in [0, 0.05) is 19.1 Å². The van der Waals surface area contributed by atoms with Crippen molar-refractivity contribution in [2.75, 3.05) is 52.5 Å². The minimum absolute atomic E-state index is 0.00210. The first-order valence-corrected chi connectivity index (χ1v) is 11.5. The van der Waals surface area contributed by atoms with Gasteiger partial charge in [-0.25, -0.2) is 9.59 Å². The van der Waals surface area contributed by atoms with Gasteiger partial charge in [0.1, 0.15) is 19.8 Å². The highest BCUT2D eigenvalue weighted by molar-refractivity contribution is 5.82. The zero-order chi connectivity index (χ0) is 26.2. The minimum atomic E-state index is -0.930. The third-order valence-corrected chi connectivity index (χ3v) is 4.15. The summed E-state index contributed by atoms with van der Waals surface area (Å²) in [7, 11) is 0. The lowest BCUT2D eigenvalue weighted by Crippen LogP contribution is -2.43. The summed E-state index contributed by atoms with van der Waals surface area (Å²) < 4.78 is 9.72. The second-order valence-corrected chi connectivity index (χ2v) is 7.36. The lowest BCUT2D eigenvalue weighted by Gasteiger charge is -2.22. The highest BCUT2D eigenvalue weighted by atomic mass is 16.6. The first-order chi connectivity index (χ1) is 16.2. The van der Waals surface area contributed by atoms with Gasteiger partial charge < -0.3 is 49.2 Å². The Hall–Kier alpha value is -2.84. The Morgan fingerprint density at radius 2 is 1.68 bits per heavy atom. The molecule has 0 spiro atoms. The van der Waals surface area contributed by atoms with Crippen molar-refractivity contribution in [1.82, 2.24) is 10.2 Å². The summed E-state index contributed by atoms with van der Waals surface area (Å²) in [5, 5.41) is 2.52. The summed E-state index contributed by atoms with van der Waals surface area (Å²) in [6, 6.07) is -0.376. The molecule has 0 radical (unpaired) electrons. The molecule has 0 aromatic heterocycles. The number of primary amides is 1. The fraction of sp³-hybridized carbons (Fsp3) is 0.800. The number of nitrogens with zero attached hydrogens (tertiary/aromatic N) is 2. The highest BCUT2D eigenvalue weighted by Gasteiger charge is 2.19. The minimum Gasteiger partial charge on any atom is -0.448 e. The third-order valence-electron chi connectivity index (χ3n) is 4.15. The van der Waals surface area contributed by atoms with E-state index in [1.165, 1.54) is 17.7 Å². The van der Waals surface area contributed by atoms with Crippen LogP contribution < -0.4 is 39.7 Å². The van der Waals surface area contributed by atoms with Crippen LogP contribution in [0, 0.1) is 0 Å². The quantitative estimate of drug-likeness (QED) is 0.0703. The molecular weight excluding hydrogens is 446 g/mol. The van der Waals surface area contributed by atoms with Crippen LogP contribution in [0.2, 0.25) is 0 Å². The van der Waals surface area contributed by atoms with E-state index in [2.05, 4.69) is 22.0 Å². The predicted molar refractivity (Wildman–Crippen MR) is 132 cm³/mol. The molecule has 0 saturated heterocycles. The smallest absolute Gasteiger partial charge is 0.410 e. The van der Waals surface area contributed by atoms with Crippen molar-refractivity contribution in [3.05, 3.63) is 0 Å². The molecule has 0 rings (SSSR count). The Balaban J connectivity index is 0. The number of nitrogens with one attached hydrogen (secondary N) is 1. The number of aliphatic imine (C=N–C) groups is 1. The molecule has 14 nitrogen and oxygen atoms in total. The van der Waals surface area contributed by atoms with Crippen LogP contribution in [0.15, 0.2) is 4.99 Å². The number of hydrogen-bond donors (Lipinski definition) is 7. The largest absolute Gasteiger partial charge is 0.448 e. The molecule has 13 N–H and O–H groups in total. The Kier molecular flexibility index (Phi) is 22.9. The molecule has 200 valence electrons. The monoisotopic (exact) mass is 491 g/mol. The van der Waals surface area contributed by atoms with Gasteiger partial charge in [0.25, 0.3) is 0 Å². The second kappa shape index (κ2) is 23.3. The summed E-state index contributed by atoms with van der Waals surface area (Å²) in [6.07, 6.45) is 3.34. The molecule has 0 aliphatic rings. The molecule has 0 aliphatic heterocycles. The van der Waals surface area contributed by atoms with E-state index in [0.29, 0.717) is 45.3 Å². The number of hydrogen-bond acceptors (Lipinski definition) is 9. The van der Waals surface area contributed by atoms with Crippen LogP contribution in [0.25, 0.3) is 0 Å². The summed E-state index contributed by atoms with van der Waals surface area (Å²) in [5.41, 5.74) is 31.8. The number of nitrogens with two attached hydrogens (primary N) is 6. The van der Waals surface area contributed by atoms with Gasteiger partial charge >= 0.3 is 12.2 Å². The third kappa shape index (κ3) is 23.8. The van der Waals surface area contributed by atoms with Gasteiger partial charge in [0.15, 0.2) is 5.96 Å². The molecule has 3 amide bonds. The van der Waals surface area contributed by atoms with E-state index in [4.69, 9.17) is 39.1 Å². The lowest BCUT2D eigenvalue weighted by molar-refractivity contribution is -0.122. The number of ether oxygens (including phenoxy) is 2. The molecule has 0 bridgehead atoms. The molecule has 14 heteroatoms. The average Bonchev–Trinajstić information content (AvgIpc) is 2.78. The Bertz CT molecular complexity index is 573. The first-order valence-electron chi connectivity index (χ1n) is 11.5. The Morgan fingerprint density at radius 1 is 1.00 bits per heavy atom. The number of guanidine groups is 1. The van der Waals surface area contributed by atoms with Gasteiger partial charge in [-0.05, 0) is 45.2 Å². The maximum absolute atomic E-state index is 12.3. The van der Waals surface area contributed by atoms with E-state index in [1.54, 1.807) is 0 Å². The summed E-state index contributed by atoms with van der Waals surface area (Å²) >= 11 is 0. The number of amides is 3. The molecule has 1 unspecified atom stereocenters. The topological polar surface area (TPSA) is 253 Å². The number of rotatable bonds is 17. The van der Waals surface area contributed by atoms with Crippen molar-refractivity contribution in [2.45, 2.75) is 51.5 Å². The molecule has 0 aromatic rings. The molecule has 0 fully saturated rings. The van der Waals surface area contributed by atoms with Crippen LogP contribution >= 0.6 is 0 Å². The number of unbranched alkanes of at least 4 members (excludes halogenated alkanes) is 2. The standard InChI is InChI=1S/C16H34N8O5.C4H11N/c17-5-1-2-8-24(10-13(25)22-7-9-28-15(21)26)16(27)29-11-12(18)4-3-6-23-14(19)20;1-2-3-4-5/h12H,1-11,17-18H2,(H2,21,26)(H,22,25)(H4,19,20,23);2-5H2,1H3.